The van der Waals surface area contributed by atoms with Crippen LogP contribution in [0.4, 0.5) is 0 Å². The number of sulfone groups is 1. The third-order valence-corrected chi connectivity index (χ3v) is 8.26. The van der Waals surface area contributed by atoms with Crippen molar-refractivity contribution in [1.82, 2.24) is 14.7 Å². The van der Waals surface area contributed by atoms with Gasteiger partial charge in [0.25, 0.3) is 0 Å². The molecule has 1 unspecified atom stereocenters. The largest absolute Gasteiger partial charge is 0.338 e. The second kappa shape index (κ2) is 8.20. The van der Waals surface area contributed by atoms with Crippen LogP contribution in [0.25, 0.3) is 5.69 Å². The van der Waals surface area contributed by atoms with Crippen molar-refractivity contribution < 1.29 is 13.2 Å². The summed E-state index contributed by atoms with van der Waals surface area (Å²) < 4.78 is 26.4. The van der Waals surface area contributed by atoms with E-state index in [1.165, 1.54) is 23.1 Å². The highest BCUT2D eigenvalue weighted by Crippen LogP contribution is 2.25. The van der Waals surface area contributed by atoms with Crippen molar-refractivity contribution in [3.8, 4) is 5.69 Å². The van der Waals surface area contributed by atoms with Gasteiger partial charge in [0, 0.05) is 12.6 Å². The Morgan fingerprint density at radius 2 is 2.15 bits per heavy atom. The second-order valence-electron chi connectivity index (χ2n) is 5.91. The Hall–Kier alpha value is -1.23. The predicted octanol–water partition coefficient (Wildman–Crippen LogP) is 2.79. The number of hydrogen-bond acceptors (Lipinski definition) is 7. The highest BCUT2D eigenvalue weighted by Gasteiger charge is 2.33. The Morgan fingerprint density at radius 1 is 1.42 bits per heavy atom. The molecular weight excluding hydrogens is 410 g/mol. The third kappa shape index (κ3) is 4.54. The van der Waals surface area contributed by atoms with Gasteiger partial charge in [-0.05, 0) is 37.7 Å². The van der Waals surface area contributed by atoms with E-state index in [2.05, 4.69) is 5.10 Å². The number of aromatic nitrogens is 2. The fourth-order valence-electron chi connectivity index (χ4n) is 2.92. The SMILES string of the molecule is CCN(C(=O)CSc1nn(-c2ccccc2)c(=S)s1)C1CCS(=O)(=O)C1. The van der Waals surface area contributed by atoms with Gasteiger partial charge in [-0.25, -0.2) is 13.1 Å². The number of thioether (sulfide) groups is 1. The Kier molecular flexibility index (Phi) is 6.16. The Morgan fingerprint density at radius 3 is 2.77 bits per heavy atom. The Bertz CT molecular complexity index is 937. The summed E-state index contributed by atoms with van der Waals surface area (Å²) in [6, 6.07) is 9.40. The van der Waals surface area contributed by atoms with Gasteiger partial charge in [0.15, 0.2) is 18.1 Å². The average Bonchev–Trinajstić information content (AvgIpc) is 3.16. The van der Waals surface area contributed by atoms with E-state index in [0.29, 0.717) is 16.9 Å². The minimum atomic E-state index is -3.01. The van der Waals surface area contributed by atoms with Gasteiger partial charge in [0.2, 0.25) is 5.91 Å². The fraction of sp³-hybridized carbons (Fsp3) is 0.438. The van der Waals surface area contributed by atoms with Crippen molar-refractivity contribution in [2.75, 3.05) is 23.8 Å². The molecule has 26 heavy (non-hydrogen) atoms. The fourth-order valence-corrected chi connectivity index (χ4v) is 6.90. The molecule has 0 N–H and O–H groups in total. The molecule has 1 atom stereocenters. The number of nitrogens with zero attached hydrogens (tertiary/aromatic N) is 3. The smallest absolute Gasteiger partial charge is 0.233 e. The van der Waals surface area contributed by atoms with Crippen molar-refractivity contribution in [2.24, 2.45) is 0 Å². The zero-order valence-electron chi connectivity index (χ0n) is 14.2. The van der Waals surface area contributed by atoms with E-state index in [9.17, 15) is 13.2 Å². The van der Waals surface area contributed by atoms with E-state index < -0.39 is 9.84 Å². The maximum atomic E-state index is 12.6. The van der Waals surface area contributed by atoms with Crippen LogP contribution in [0.15, 0.2) is 34.7 Å². The van der Waals surface area contributed by atoms with Crippen LogP contribution >= 0.6 is 35.3 Å². The van der Waals surface area contributed by atoms with Gasteiger partial charge in [-0.3, -0.25) is 4.79 Å². The van der Waals surface area contributed by atoms with Crippen LogP contribution in [0.5, 0.6) is 0 Å². The summed E-state index contributed by atoms with van der Waals surface area (Å²) in [6.45, 7) is 2.38. The van der Waals surface area contributed by atoms with Crippen molar-refractivity contribution in [1.29, 1.82) is 0 Å². The zero-order valence-corrected chi connectivity index (χ0v) is 17.5. The molecule has 10 heteroatoms. The molecule has 2 heterocycles. The maximum Gasteiger partial charge on any atom is 0.233 e. The lowest BCUT2D eigenvalue weighted by atomic mass is 10.2. The number of para-hydroxylation sites is 1. The molecule has 0 saturated carbocycles. The first kappa shape index (κ1) is 19.5. The molecule has 0 radical (unpaired) electrons. The first-order chi connectivity index (χ1) is 12.4. The van der Waals surface area contributed by atoms with Crippen molar-refractivity contribution in [3.63, 3.8) is 0 Å². The van der Waals surface area contributed by atoms with Crippen LogP contribution in [-0.2, 0) is 14.6 Å². The molecule has 3 rings (SSSR count). The van der Waals surface area contributed by atoms with Crippen LogP contribution in [-0.4, -0.2) is 58.9 Å². The van der Waals surface area contributed by atoms with Gasteiger partial charge >= 0.3 is 0 Å². The third-order valence-electron chi connectivity index (χ3n) is 4.16. The van der Waals surface area contributed by atoms with Gasteiger partial charge in [-0.2, -0.15) is 0 Å². The average molecular weight is 430 g/mol. The summed E-state index contributed by atoms with van der Waals surface area (Å²) in [4.78, 5) is 14.2. The number of amides is 1. The number of hydrogen-bond donors (Lipinski definition) is 0. The molecule has 1 aromatic carbocycles. The summed E-state index contributed by atoms with van der Waals surface area (Å²) in [7, 11) is -3.01. The standard InChI is InChI=1S/C16H19N3O3S4/c1-2-18(13-8-9-26(21,22)11-13)14(20)10-24-15-17-19(16(23)25-15)12-6-4-3-5-7-12/h3-7,13H,2,8-11H2,1H3. The highest BCUT2D eigenvalue weighted by molar-refractivity contribution is 8.01. The molecule has 6 nitrogen and oxygen atoms in total. The van der Waals surface area contributed by atoms with Gasteiger partial charge in [-0.15, -0.1) is 5.10 Å². The summed E-state index contributed by atoms with van der Waals surface area (Å²) in [6.07, 6.45) is 0.522. The minimum absolute atomic E-state index is 0.0630. The lowest BCUT2D eigenvalue weighted by molar-refractivity contribution is -0.129. The molecule has 1 aliphatic heterocycles. The normalized spacial score (nSPS) is 18.7. The van der Waals surface area contributed by atoms with E-state index in [1.807, 2.05) is 37.3 Å². The monoisotopic (exact) mass is 429 g/mol. The van der Waals surface area contributed by atoms with E-state index >= 15 is 0 Å². The zero-order chi connectivity index (χ0) is 18.7. The van der Waals surface area contributed by atoms with E-state index in [1.54, 1.807) is 9.58 Å². The quantitative estimate of drug-likeness (QED) is 0.519. The lowest BCUT2D eigenvalue weighted by Gasteiger charge is -2.26. The molecule has 0 aliphatic carbocycles. The molecule has 1 fully saturated rings. The Labute approximate surface area is 166 Å². The minimum Gasteiger partial charge on any atom is -0.338 e. The van der Waals surface area contributed by atoms with Crippen LogP contribution in [0, 0.1) is 3.95 Å². The molecule has 1 amide bonds. The van der Waals surface area contributed by atoms with Crippen molar-refractivity contribution >= 4 is 51.1 Å². The molecule has 1 aromatic heterocycles. The summed E-state index contributed by atoms with van der Waals surface area (Å²) in [5.41, 5.74) is 0.887. The van der Waals surface area contributed by atoms with E-state index in [0.717, 1.165) is 10.0 Å². The van der Waals surface area contributed by atoms with Crippen molar-refractivity contribution in [3.05, 3.63) is 34.3 Å². The lowest BCUT2D eigenvalue weighted by Crippen LogP contribution is -2.41. The van der Waals surface area contributed by atoms with Gasteiger partial charge in [0.1, 0.15) is 0 Å². The molecule has 1 saturated heterocycles. The van der Waals surface area contributed by atoms with Gasteiger partial charge in [-0.1, -0.05) is 41.3 Å². The van der Waals surface area contributed by atoms with E-state index in [-0.39, 0.29) is 29.2 Å². The van der Waals surface area contributed by atoms with Crippen molar-refractivity contribution in [2.45, 2.75) is 23.7 Å². The molecule has 0 bridgehead atoms. The van der Waals surface area contributed by atoms with Gasteiger partial charge in [0.05, 0.1) is 22.9 Å². The van der Waals surface area contributed by atoms with Crippen LogP contribution in [0.1, 0.15) is 13.3 Å². The second-order valence-corrected chi connectivity index (χ2v) is 11.0. The van der Waals surface area contributed by atoms with Crippen LogP contribution in [0.2, 0.25) is 0 Å². The summed E-state index contributed by atoms with van der Waals surface area (Å²) in [5.74, 6) is 0.393. The topological polar surface area (TPSA) is 72.3 Å². The molecule has 140 valence electrons. The number of carbonyl (C=O) groups is 1. The number of rotatable bonds is 6. The number of carbonyl (C=O) groups excluding carboxylic acids is 1. The summed E-state index contributed by atoms with van der Waals surface area (Å²) >= 11 is 8.07. The maximum absolute atomic E-state index is 12.6. The number of benzene rings is 1. The van der Waals surface area contributed by atoms with Gasteiger partial charge < -0.3 is 4.90 Å². The highest BCUT2D eigenvalue weighted by atomic mass is 32.2. The first-order valence-electron chi connectivity index (χ1n) is 8.18. The first-order valence-corrected chi connectivity index (χ1v) is 12.2. The summed E-state index contributed by atoms with van der Waals surface area (Å²) in [5, 5.41) is 4.49. The van der Waals surface area contributed by atoms with Crippen LogP contribution in [0.3, 0.4) is 0 Å². The molecule has 0 spiro atoms. The van der Waals surface area contributed by atoms with E-state index in [4.69, 9.17) is 12.2 Å². The predicted molar refractivity (Wildman–Crippen MR) is 107 cm³/mol. The molecular formula is C16H19N3O3S4. The molecule has 1 aliphatic rings. The van der Waals surface area contributed by atoms with Crippen LogP contribution < -0.4 is 0 Å². The Balaban J connectivity index is 1.65. The molecule has 2 aromatic rings.